The molecule has 0 unspecified atom stereocenters. The highest BCUT2D eigenvalue weighted by atomic mass is 15.1. The summed E-state index contributed by atoms with van der Waals surface area (Å²) in [5, 5.41) is 8.67. The maximum Gasteiger partial charge on any atom is 0.111 e. The molecule has 0 atom stereocenters. The quantitative estimate of drug-likeness (QED) is 0.536. The second-order valence-electron chi connectivity index (χ2n) is 1.97. The van der Waals surface area contributed by atoms with Crippen LogP contribution in [-0.4, -0.2) is 15.2 Å². The molecule has 48 valence electrons. The van der Waals surface area contributed by atoms with Crippen LogP contribution in [0.4, 0.5) is 0 Å². The average Bonchev–Trinajstić information content (AvgIpc) is 2.05. The molecule has 0 aliphatic heterocycles. The van der Waals surface area contributed by atoms with Gasteiger partial charge in [-0.25, -0.2) is 0 Å². The zero-order valence-corrected chi connectivity index (χ0v) is 5.23. The number of rotatable bonds is 0. The standard InChI is InChI=1S/C7H5N3/c1-3-8-5-7-6(1)2-4-9-10-7/h1-5H. The van der Waals surface area contributed by atoms with Crippen molar-refractivity contribution in [1.82, 2.24) is 15.2 Å². The highest BCUT2D eigenvalue weighted by Crippen LogP contribution is 2.04. The number of hydrogen-bond acceptors (Lipinski definition) is 3. The van der Waals surface area contributed by atoms with Crippen molar-refractivity contribution in [3.63, 3.8) is 0 Å². The number of nitrogens with zero attached hydrogens (tertiary/aromatic N) is 3. The van der Waals surface area contributed by atoms with E-state index in [0.29, 0.717) is 0 Å². The van der Waals surface area contributed by atoms with E-state index in [1.54, 1.807) is 18.6 Å². The molecule has 2 aromatic rings. The van der Waals surface area contributed by atoms with Crippen molar-refractivity contribution >= 4 is 10.9 Å². The first-order chi connectivity index (χ1) is 4.97. The molecule has 10 heavy (non-hydrogen) atoms. The van der Waals surface area contributed by atoms with Crippen molar-refractivity contribution in [3.05, 3.63) is 30.7 Å². The minimum absolute atomic E-state index is 0.838. The van der Waals surface area contributed by atoms with E-state index in [-0.39, 0.29) is 0 Å². The largest absolute Gasteiger partial charge is 0.262 e. The Hall–Kier alpha value is -1.51. The Kier molecular flexibility index (Phi) is 1.07. The lowest BCUT2D eigenvalue weighted by molar-refractivity contribution is 1.07. The maximum absolute atomic E-state index is 3.91. The number of pyridine rings is 1. The fourth-order valence-corrected chi connectivity index (χ4v) is 0.831. The third-order valence-electron chi connectivity index (χ3n) is 1.32. The van der Waals surface area contributed by atoms with E-state index in [2.05, 4.69) is 15.2 Å². The van der Waals surface area contributed by atoms with Crippen molar-refractivity contribution in [3.8, 4) is 0 Å². The first-order valence-electron chi connectivity index (χ1n) is 2.98. The topological polar surface area (TPSA) is 38.7 Å². The van der Waals surface area contributed by atoms with Crippen LogP contribution >= 0.6 is 0 Å². The summed E-state index contributed by atoms with van der Waals surface area (Å²) in [6.07, 6.45) is 5.11. The van der Waals surface area contributed by atoms with Gasteiger partial charge in [-0.2, -0.15) is 5.10 Å². The number of aromatic nitrogens is 3. The van der Waals surface area contributed by atoms with Gasteiger partial charge in [-0.05, 0) is 12.1 Å². The zero-order valence-electron chi connectivity index (χ0n) is 5.23. The third kappa shape index (κ3) is 0.719. The summed E-state index contributed by atoms with van der Waals surface area (Å²) < 4.78 is 0. The maximum atomic E-state index is 3.91. The number of hydrogen-bond donors (Lipinski definition) is 0. The smallest absolute Gasteiger partial charge is 0.111 e. The molecule has 0 aromatic carbocycles. The van der Waals surface area contributed by atoms with E-state index in [1.807, 2.05) is 12.1 Å². The molecule has 0 fully saturated rings. The Bertz CT molecular complexity index is 280. The highest BCUT2D eigenvalue weighted by molar-refractivity contribution is 5.75. The van der Waals surface area contributed by atoms with Gasteiger partial charge in [0, 0.05) is 11.6 Å². The summed E-state index contributed by atoms with van der Waals surface area (Å²) in [6, 6.07) is 3.81. The first kappa shape index (κ1) is 5.29. The second-order valence-corrected chi connectivity index (χ2v) is 1.97. The molecular formula is C7H5N3. The average molecular weight is 131 g/mol. The van der Waals surface area contributed by atoms with Gasteiger partial charge in [0.1, 0.15) is 5.52 Å². The molecule has 0 N–H and O–H groups in total. The summed E-state index contributed by atoms with van der Waals surface area (Å²) >= 11 is 0. The Labute approximate surface area is 57.7 Å². The van der Waals surface area contributed by atoms with Crippen molar-refractivity contribution in [1.29, 1.82) is 0 Å². The fraction of sp³-hybridized carbons (Fsp3) is 0. The highest BCUT2D eigenvalue weighted by Gasteiger charge is 1.88. The second kappa shape index (κ2) is 2.02. The molecule has 2 heterocycles. The number of fused-ring (bicyclic) bond motifs is 1. The summed E-state index contributed by atoms with van der Waals surface area (Å²) in [5.41, 5.74) is 0.838. The Morgan fingerprint density at radius 1 is 1.10 bits per heavy atom. The lowest BCUT2D eigenvalue weighted by Gasteiger charge is -1.89. The van der Waals surface area contributed by atoms with Crippen molar-refractivity contribution in [2.45, 2.75) is 0 Å². The van der Waals surface area contributed by atoms with Crippen LogP contribution in [0.3, 0.4) is 0 Å². The summed E-state index contributed by atoms with van der Waals surface area (Å²) in [7, 11) is 0. The minimum atomic E-state index is 0.838. The summed E-state index contributed by atoms with van der Waals surface area (Å²) in [5.74, 6) is 0. The van der Waals surface area contributed by atoms with Crippen LogP contribution in [0.25, 0.3) is 10.9 Å². The van der Waals surface area contributed by atoms with E-state index < -0.39 is 0 Å². The van der Waals surface area contributed by atoms with Crippen molar-refractivity contribution in [2.24, 2.45) is 0 Å². The molecule has 0 bridgehead atoms. The first-order valence-corrected chi connectivity index (χ1v) is 2.98. The molecule has 3 nitrogen and oxygen atoms in total. The van der Waals surface area contributed by atoms with Gasteiger partial charge in [0.15, 0.2) is 0 Å². The van der Waals surface area contributed by atoms with Crippen LogP contribution in [-0.2, 0) is 0 Å². The molecule has 0 radical (unpaired) electrons. The van der Waals surface area contributed by atoms with Gasteiger partial charge in [-0.3, -0.25) is 4.98 Å². The molecular weight excluding hydrogens is 126 g/mol. The lowest BCUT2D eigenvalue weighted by Crippen LogP contribution is -1.81. The summed E-state index contributed by atoms with van der Waals surface area (Å²) in [4.78, 5) is 3.91. The van der Waals surface area contributed by atoms with Crippen LogP contribution in [0.5, 0.6) is 0 Å². The van der Waals surface area contributed by atoms with Gasteiger partial charge in [0.05, 0.1) is 12.4 Å². The predicted molar refractivity (Wildman–Crippen MR) is 37.3 cm³/mol. The molecule has 2 rings (SSSR count). The van der Waals surface area contributed by atoms with Crippen LogP contribution in [0.2, 0.25) is 0 Å². The van der Waals surface area contributed by atoms with Crippen molar-refractivity contribution < 1.29 is 0 Å². The van der Waals surface area contributed by atoms with Crippen LogP contribution in [0, 0.1) is 0 Å². The summed E-state index contributed by atoms with van der Waals surface area (Å²) in [6.45, 7) is 0. The zero-order chi connectivity index (χ0) is 6.81. The van der Waals surface area contributed by atoms with E-state index in [4.69, 9.17) is 0 Å². The van der Waals surface area contributed by atoms with E-state index >= 15 is 0 Å². The lowest BCUT2D eigenvalue weighted by atomic mass is 10.3. The Morgan fingerprint density at radius 2 is 2.00 bits per heavy atom. The van der Waals surface area contributed by atoms with E-state index in [1.165, 1.54) is 0 Å². The Morgan fingerprint density at radius 3 is 2.90 bits per heavy atom. The Balaban J connectivity index is 2.89. The van der Waals surface area contributed by atoms with E-state index in [0.717, 1.165) is 10.9 Å². The third-order valence-corrected chi connectivity index (χ3v) is 1.32. The van der Waals surface area contributed by atoms with Gasteiger partial charge in [0.2, 0.25) is 0 Å². The molecule has 0 saturated heterocycles. The van der Waals surface area contributed by atoms with Crippen LogP contribution in [0.1, 0.15) is 0 Å². The van der Waals surface area contributed by atoms with Gasteiger partial charge in [-0.15, -0.1) is 5.10 Å². The molecule has 0 spiro atoms. The normalized spacial score (nSPS) is 10.0. The van der Waals surface area contributed by atoms with Gasteiger partial charge < -0.3 is 0 Å². The fourth-order valence-electron chi connectivity index (χ4n) is 0.831. The molecule has 0 amide bonds. The van der Waals surface area contributed by atoms with Gasteiger partial charge >= 0.3 is 0 Å². The van der Waals surface area contributed by atoms with Gasteiger partial charge in [0.25, 0.3) is 0 Å². The monoisotopic (exact) mass is 131 g/mol. The SMILES string of the molecule is c1cc2ccnnc2cn1. The van der Waals surface area contributed by atoms with Gasteiger partial charge in [-0.1, -0.05) is 0 Å². The van der Waals surface area contributed by atoms with Crippen LogP contribution in [0.15, 0.2) is 30.7 Å². The molecule has 0 aliphatic carbocycles. The van der Waals surface area contributed by atoms with Crippen molar-refractivity contribution in [2.75, 3.05) is 0 Å². The van der Waals surface area contributed by atoms with Crippen LogP contribution < -0.4 is 0 Å². The molecule has 2 aromatic heterocycles. The minimum Gasteiger partial charge on any atom is -0.262 e. The molecule has 3 heteroatoms. The predicted octanol–water partition coefficient (Wildman–Crippen LogP) is 1.02. The van der Waals surface area contributed by atoms with E-state index in [9.17, 15) is 0 Å². The molecule has 0 aliphatic rings. The molecule has 0 saturated carbocycles.